The molecule has 2 heterocycles. The molecule has 0 aliphatic heterocycles. The third-order valence-electron chi connectivity index (χ3n) is 4.70. The normalized spacial score (nSPS) is 10.7. The number of Topliss-reactive ketones (excluding diaryl/α,β-unsaturated/α-hetero) is 1. The lowest BCUT2D eigenvalue weighted by molar-refractivity contribution is 0.0936. The molecule has 0 bridgehead atoms. The van der Waals surface area contributed by atoms with Crippen LogP contribution >= 0.6 is 0 Å². The van der Waals surface area contributed by atoms with Gasteiger partial charge in [0.15, 0.2) is 5.82 Å². The van der Waals surface area contributed by atoms with Gasteiger partial charge in [0.05, 0.1) is 12.2 Å². The van der Waals surface area contributed by atoms with Crippen molar-refractivity contribution in [2.75, 3.05) is 0 Å². The van der Waals surface area contributed by atoms with E-state index in [1.165, 1.54) is 12.5 Å². The van der Waals surface area contributed by atoms with Gasteiger partial charge >= 0.3 is 0 Å². The number of aromatic nitrogens is 3. The SMILES string of the molecule is O=C(Cc1cnoc1)c1ncc(C(=O)NC(c2ccccc2)c2ccccc2)c(=O)[nH]1. The largest absolute Gasteiger partial charge is 0.364 e. The standard InChI is InChI=1S/C23H18N4O4/c28-19(11-15-12-25-31-14-15)21-24-13-18(23(30)27-21)22(29)26-20(16-7-3-1-4-8-16)17-9-5-2-6-10-17/h1-10,12-14,20H,11H2,(H,26,29)(H,24,27,30). The summed E-state index contributed by atoms with van der Waals surface area (Å²) in [5.74, 6) is -1.14. The van der Waals surface area contributed by atoms with E-state index in [1.807, 2.05) is 60.7 Å². The first-order valence-electron chi connectivity index (χ1n) is 9.53. The number of carbonyl (C=O) groups is 2. The van der Waals surface area contributed by atoms with Crippen LogP contribution in [0.2, 0.25) is 0 Å². The van der Waals surface area contributed by atoms with Gasteiger partial charge in [0, 0.05) is 18.2 Å². The van der Waals surface area contributed by atoms with Crippen LogP contribution in [0.5, 0.6) is 0 Å². The highest BCUT2D eigenvalue weighted by Gasteiger charge is 2.21. The molecule has 2 aromatic heterocycles. The van der Waals surface area contributed by atoms with E-state index in [4.69, 9.17) is 0 Å². The monoisotopic (exact) mass is 414 g/mol. The van der Waals surface area contributed by atoms with Crippen LogP contribution in [0.25, 0.3) is 0 Å². The van der Waals surface area contributed by atoms with Gasteiger partial charge in [-0.15, -0.1) is 0 Å². The topological polar surface area (TPSA) is 118 Å². The number of nitrogens with one attached hydrogen (secondary N) is 2. The number of rotatable bonds is 7. The molecule has 0 aliphatic carbocycles. The highest BCUT2D eigenvalue weighted by molar-refractivity contribution is 5.96. The van der Waals surface area contributed by atoms with Gasteiger partial charge in [0.2, 0.25) is 5.78 Å². The van der Waals surface area contributed by atoms with Gasteiger partial charge in [0.25, 0.3) is 11.5 Å². The van der Waals surface area contributed by atoms with Crippen LogP contribution in [0.15, 0.2) is 88.6 Å². The second-order valence-electron chi connectivity index (χ2n) is 6.84. The van der Waals surface area contributed by atoms with Crippen molar-refractivity contribution >= 4 is 11.7 Å². The van der Waals surface area contributed by atoms with Crippen molar-refractivity contribution in [1.29, 1.82) is 0 Å². The molecule has 2 aromatic carbocycles. The third kappa shape index (κ3) is 4.64. The molecule has 0 radical (unpaired) electrons. The van der Waals surface area contributed by atoms with Crippen LogP contribution in [0.3, 0.4) is 0 Å². The number of ketones is 1. The number of nitrogens with zero attached hydrogens (tertiary/aromatic N) is 2. The van der Waals surface area contributed by atoms with Crippen molar-refractivity contribution in [3.05, 3.63) is 118 Å². The number of carbonyl (C=O) groups excluding carboxylic acids is 2. The van der Waals surface area contributed by atoms with Gasteiger partial charge in [-0.05, 0) is 11.1 Å². The Bertz CT molecular complexity index is 1200. The summed E-state index contributed by atoms with van der Waals surface area (Å²) in [6, 6.07) is 18.4. The predicted octanol–water partition coefficient (Wildman–Crippen LogP) is 2.70. The van der Waals surface area contributed by atoms with E-state index in [2.05, 4.69) is 25.0 Å². The molecule has 0 unspecified atom stereocenters. The maximum absolute atomic E-state index is 12.9. The van der Waals surface area contributed by atoms with Crippen molar-refractivity contribution in [3.8, 4) is 0 Å². The van der Waals surface area contributed by atoms with Gasteiger partial charge in [0.1, 0.15) is 11.8 Å². The summed E-state index contributed by atoms with van der Waals surface area (Å²) in [5.41, 5.74) is 1.42. The average molecular weight is 414 g/mol. The van der Waals surface area contributed by atoms with Crippen molar-refractivity contribution in [1.82, 2.24) is 20.4 Å². The fourth-order valence-corrected chi connectivity index (χ4v) is 3.14. The fourth-order valence-electron chi connectivity index (χ4n) is 3.14. The van der Waals surface area contributed by atoms with E-state index >= 15 is 0 Å². The van der Waals surface area contributed by atoms with Gasteiger partial charge in [-0.3, -0.25) is 14.4 Å². The minimum absolute atomic E-state index is 0.0257. The fraction of sp³-hybridized carbons (Fsp3) is 0.0870. The molecular weight excluding hydrogens is 396 g/mol. The molecule has 0 atom stereocenters. The molecule has 1 amide bonds. The first-order chi connectivity index (χ1) is 15.1. The Morgan fingerprint density at radius 3 is 2.16 bits per heavy atom. The Labute approximate surface area is 177 Å². The number of aromatic amines is 1. The number of hydrogen-bond acceptors (Lipinski definition) is 6. The molecule has 0 saturated heterocycles. The lowest BCUT2D eigenvalue weighted by Crippen LogP contribution is -2.34. The number of hydrogen-bond donors (Lipinski definition) is 2. The molecule has 0 aliphatic rings. The van der Waals surface area contributed by atoms with Crippen LogP contribution in [0.4, 0.5) is 0 Å². The summed E-state index contributed by atoms with van der Waals surface area (Å²) < 4.78 is 4.69. The summed E-state index contributed by atoms with van der Waals surface area (Å²) in [6.07, 6.45) is 3.83. The lowest BCUT2D eigenvalue weighted by atomic mass is 9.98. The van der Waals surface area contributed by atoms with Crippen LogP contribution in [-0.4, -0.2) is 26.8 Å². The Morgan fingerprint density at radius 1 is 0.968 bits per heavy atom. The zero-order chi connectivity index (χ0) is 21.6. The number of benzene rings is 2. The summed E-state index contributed by atoms with van der Waals surface area (Å²) >= 11 is 0. The molecule has 8 heteroatoms. The zero-order valence-electron chi connectivity index (χ0n) is 16.3. The van der Waals surface area contributed by atoms with Gasteiger partial charge in [-0.2, -0.15) is 0 Å². The van der Waals surface area contributed by atoms with Crippen molar-refractivity contribution < 1.29 is 14.1 Å². The molecular formula is C23H18N4O4. The minimum Gasteiger partial charge on any atom is -0.364 e. The molecule has 4 aromatic rings. The molecule has 0 spiro atoms. The number of amides is 1. The van der Waals surface area contributed by atoms with Crippen LogP contribution < -0.4 is 10.9 Å². The molecule has 31 heavy (non-hydrogen) atoms. The molecule has 8 nitrogen and oxygen atoms in total. The predicted molar refractivity (Wildman–Crippen MR) is 112 cm³/mol. The molecule has 2 N–H and O–H groups in total. The Hall–Kier alpha value is -4.33. The maximum Gasteiger partial charge on any atom is 0.264 e. The highest BCUT2D eigenvalue weighted by atomic mass is 16.5. The first-order valence-corrected chi connectivity index (χ1v) is 9.53. The quantitative estimate of drug-likeness (QED) is 0.449. The highest BCUT2D eigenvalue weighted by Crippen LogP contribution is 2.22. The third-order valence-corrected chi connectivity index (χ3v) is 4.70. The number of H-pyrrole nitrogens is 1. The van der Waals surface area contributed by atoms with Crippen LogP contribution in [0.1, 0.15) is 43.7 Å². The van der Waals surface area contributed by atoms with E-state index in [0.717, 1.165) is 17.3 Å². The second-order valence-corrected chi connectivity index (χ2v) is 6.84. The maximum atomic E-state index is 12.9. The van der Waals surface area contributed by atoms with E-state index in [1.54, 1.807) is 0 Å². The molecule has 4 rings (SSSR count). The van der Waals surface area contributed by atoms with E-state index in [9.17, 15) is 14.4 Å². The lowest BCUT2D eigenvalue weighted by Gasteiger charge is -2.19. The summed E-state index contributed by atoms with van der Waals surface area (Å²) in [7, 11) is 0. The van der Waals surface area contributed by atoms with Crippen LogP contribution in [0, 0.1) is 0 Å². The molecule has 154 valence electrons. The van der Waals surface area contributed by atoms with E-state index in [0.29, 0.717) is 5.56 Å². The Morgan fingerprint density at radius 2 is 1.61 bits per heavy atom. The smallest absolute Gasteiger partial charge is 0.264 e. The second kappa shape index (κ2) is 9.00. The first kappa shape index (κ1) is 20.0. The van der Waals surface area contributed by atoms with E-state index in [-0.39, 0.29) is 17.8 Å². The van der Waals surface area contributed by atoms with Crippen molar-refractivity contribution in [2.24, 2.45) is 0 Å². The van der Waals surface area contributed by atoms with Crippen molar-refractivity contribution in [3.63, 3.8) is 0 Å². The minimum atomic E-state index is -0.693. The van der Waals surface area contributed by atoms with Gasteiger partial charge in [-0.25, -0.2) is 4.98 Å². The zero-order valence-corrected chi connectivity index (χ0v) is 16.3. The van der Waals surface area contributed by atoms with E-state index < -0.39 is 23.3 Å². The Balaban J connectivity index is 1.56. The van der Waals surface area contributed by atoms with Crippen LogP contribution in [-0.2, 0) is 6.42 Å². The van der Waals surface area contributed by atoms with Gasteiger partial charge in [-0.1, -0.05) is 65.8 Å². The average Bonchev–Trinajstić information content (AvgIpc) is 3.31. The summed E-state index contributed by atoms with van der Waals surface area (Å²) in [6.45, 7) is 0. The molecule has 0 saturated carbocycles. The summed E-state index contributed by atoms with van der Waals surface area (Å²) in [4.78, 5) is 44.0. The van der Waals surface area contributed by atoms with Crippen molar-refractivity contribution in [2.45, 2.75) is 12.5 Å². The summed E-state index contributed by atoms with van der Waals surface area (Å²) in [5, 5.41) is 6.42. The Kier molecular flexibility index (Phi) is 5.79. The van der Waals surface area contributed by atoms with Gasteiger partial charge < -0.3 is 14.8 Å². The molecule has 0 fully saturated rings.